The predicted octanol–water partition coefficient (Wildman–Crippen LogP) is 2.95. The van der Waals surface area contributed by atoms with Gasteiger partial charge in [0, 0.05) is 18.7 Å². The van der Waals surface area contributed by atoms with Crippen LogP contribution in [0.5, 0.6) is 11.5 Å². The van der Waals surface area contributed by atoms with E-state index in [1.807, 2.05) is 6.07 Å². The Morgan fingerprint density at radius 2 is 2.16 bits per heavy atom. The molecule has 1 aromatic heterocycles. The third-order valence-electron chi connectivity index (χ3n) is 4.32. The molecule has 1 unspecified atom stereocenters. The summed E-state index contributed by atoms with van der Waals surface area (Å²) >= 11 is 1.19. The van der Waals surface area contributed by atoms with E-state index in [-0.39, 0.29) is 18.2 Å². The number of hydrogen-bond acceptors (Lipinski definition) is 8. The van der Waals surface area contributed by atoms with Gasteiger partial charge in [-0.05, 0) is 24.3 Å². The molecule has 2 amide bonds. The molecule has 1 saturated heterocycles. The number of anilines is 1. The maximum Gasteiger partial charge on any atom is 0.263 e. The fraction of sp³-hybridized carbons (Fsp3) is 0.227. The second kappa shape index (κ2) is 11.1. The smallest absolute Gasteiger partial charge is 0.263 e. The third kappa shape index (κ3) is 5.73. The Balaban J connectivity index is 1.72. The van der Waals surface area contributed by atoms with Crippen molar-refractivity contribution in [3.63, 3.8) is 0 Å². The Morgan fingerprint density at radius 3 is 2.84 bits per heavy atom. The quantitative estimate of drug-likeness (QED) is 0.462. The first-order valence-electron chi connectivity index (χ1n) is 9.68. The zero-order chi connectivity index (χ0) is 22.9. The van der Waals surface area contributed by atoms with E-state index < -0.39 is 5.25 Å². The predicted molar refractivity (Wildman–Crippen MR) is 125 cm³/mol. The topological polar surface area (TPSA) is 105 Å². The lowest BCUT2D eigenvalue weighted by atomic mass is 10.2. The van der Waals surface area contributed by atoms with Gasteiger partial charge in [-0.15, -0.1) is 6.58 Å². The van der Waals surface area contributed by atoms with Crippen LogP contribution < -0.4 is 14.8 Å². The van der Waals surface area contributed by atoms with Gasteiger partial charge in [-0.3, -0.25) is 19.6 Å². The largest absolute Gasteiger partial charge is 0.497 e. The molecule has 1 fully saturated rings. The van der Waals surface area contributed by atoms with E-state index in [0.29, 0.717) is 34.6 Å². The number of hydrogen-bond donors (Lipinski definition) is 1. The minimum atomic E-state index is -0.663. The highest BCUT2D eigenvalue weighted by Gasteiger charge is 2.39. The summed E-state index contributed by atoms with van der Waals surface area (Å²) in [7, 11) is 3.05. The summed E-state index contributed by atoms with van der Waals surface area (Å²) in [6, 6.07) is 10.4. The molecule has 1 aliphatic heterocycles. The molecule has 0 bridgehead atoms. The molecular formula is C22H23N5O4S. The zero-order valence-electron chi connectivity index (χ0n) is 17.7. The van der Waals surface area contributed by atoms with Gasteiger partial charge in [0.15, 0.2) is 5.17 Å². The number of carbonyl (C=O) groups excluding carboxylic acids is 2. The maximum absolute atomic E-state index is 12.9. The SMILES string of the molecule is C=CCN=C1SC(CC(=O)Nc2ccc(OC)cc2OC)C(=O)N1N=Cc1ccccn1. The minimum absolute atomic E-state index is 0.0542. The van der Waals surface area contributed by atoms with Gasteiger partial charge >= 0.3 is 0 Å². The molecule has 1 aliphatic rings. The molecule has 2 heterocycles. The number of ether oxygens (including phenoxy) is 2. The number of aliphatic imine (C=N–C) groups is 1. The Labute approximate surface area is 190 Å². The number of thioether (sulfide) groups is 1. The maximum atomic E-state index is 12.9. The lowest BCUT2D eigenvalue weighted by Gasteiger charge is -2.12. The molecule has 10 heteroatoms. The van der Waals surface area contributed by atoms with Crippen LogP contribution in [0.4, 0.5) is 5.69 Å². The van der Waals surface area contributed by atoms with Crippen LogP contribution in [0.25, 0.3) is 0 Å². The zero-order valence-corrected chi connectivity index (χ0v) is 18.5. The highest BCUT2D eigenvalue weighted by atomic mass is 32.2. The van der Waals surface area contributed by atoms with E-state index in [0.717, 1.165) is 0 Å². The molecule has 0 saturated carbocycles. The molecular weight excluding hydrogens is 430 g/mol. The van der Waals surface area contributed by atoms with Gasteiger partial charge in [0.2, 0.25) is 5.91 Å². The average molecular weight is 454 g/mol. The summed E-state index contributed by atoms with van der Waals surface area (Å²) < 4.78 is 10.5. The Hall–Kier alpha value is -3.66. The van der Waals surface area contributed by atoms with Crippen molar-refractivity contribution < 1.29 is 19.1 Å². The van der Waals surface area contributed by atoms with Gasteiger partial charge in [0.25, 0.3) is 5.91 Å². The number of hydrazone groups is 1. The van der Waals surface area contributed by atoms with Crippen molar-refractivity contribution in [1.82, 2.24) is 9.99 Å². The van der Waals surface area contributed by atoms with Crippen LogP contribution in [0.15, 0.2) is 65.3 Å². The van der Waals surface area contributed by atoms with Crippen LogP contribution in [-0.2, 0) is 9.59 Å². The van der Waals surface area contributed by atoms with Crippen molar-refractivity contribution >= 4 is 40.6 Å². The molecule has 1 N–H and O–H groups in total. The number of nitrogens with one attached hydrogen (secondary N) is 1. The number of pyridine rings is 1. The van der Waals surface area contributed by atoms with Crippen molar-refractivity contribution in [3.05, 3.63) is 60.9 Å². The second-order valence-electron chi connectivity index (χ2n) is 6.49. The van der Waals surface area contributed by atoms with E-state index in [2.05, 4.69) is 27.0 Å². The van der Waals surface area contributed by atoms with E-state index in [1.165, 1.54) is 30.1 Å². The van der Waals surface area contributed by atoms with Gasteiger partial charge in [-0.2, -0.15) is 10.1 Å². The average Bonchev–Trinajstić information content (AvgIpc) is 3.11. The van der Waals surface area contributed by atoms with Gasteiger partial charge in [0.05, 0.1) is 38.4 Å². The molecule has 1 aromatic carbocycles. The van der Waals surface area contributed by atoms with Gasteiger partial charge in [0.1, 0.15) is 16.7 Å². The molecule has 166 valence electrons. The standard InChI is InChI=1S/C22H23N5O4S/c1-4-10-24-22-27(25-14-15-7-5-6-11-23-15)21(29)19(32-22)13-20(28)26-17-9-8-16(30-2)12-18(17)31-3/h4-9,11-12,14,19H,1,10,13H2,2-3H3,(H,26,28). The fourth-order valence-corrected chi connectivity index (χ4v) is 3.86. The number of aromatic nitrogens is 1. The fourth-order valence-electron chi connectivity index (χ4n) is 2.78. The summed E-state index contributed by atoms with van der Waals surface area (Å²) in [5, 5.41) is 7.97. The molecule has 0 spiro atoms. The number of benzene rings is 1. The van der Waals surface area contributed by atoms with Crippen LogP contribution in [0, 0.1) is 0 Å². The lowest BCUT2D eigenvalue weighted by molar-refractivity contribution is -0.128. The number of amidine groups is 1. The first-order chi connectivity index (χ1) is 15.5. The van der Waals surface area contributed by atoms with Crippen LogP contribution in [0.2, 0.25) is 0 Å². The lowest BCUT2D eigenvalue weighted by Crippen LogP contribution is -2.30. The van der Waals surface area contributed by atoms with Crippen molar-refractivity contribution in [2.24, 2.45) is 10.1 Å². The molecule has 9 nitrogen and oxygen atoms in total. The number of nitrogens with zero attached hydrogens (tertiary/aromatic N) is 4. The molecule has 0 aliphatic carbocycles. The molecule has 3 rings (SSSR count). The highest BCUT2D eigenvalue weighted by molar-refractivity contribution is 8.15. The van der Waals surface area contributed by atoms with Gasteiger partial charge in [-0.25, -0.2) is 0 Å². The van der Waals surface area contributed by atoms with E-state index >= 15 is 0 Å². The van der Waals surface area contributed by atoms with Crippen molar-refractivity contribution in [3.8, 4) is 11.5 Å². The van der Waals surface area contributed by atoms with E-state index in [1.54, 1.807) is 49.7 Å². The first-order valence-corrected chi connectivity index (χ1v) is 10.6. The van der Waals surface area contributed by atoms with E-state index in [4.69, 9.17) is 9.47 Å². The second-order valence-corrected chi connectivity index (χ2v) is 7.66. The summed E-state index contributed by atoms with van der Waals surface area (Å²) in [5.41, 5.74) is 1.08. The van der Waals surface area contributed by atoms with Crippen molar-refractivity contribution in [2.75, 3.05) is 26.1 Å². The summed E-state index contributed by atoms with van der Waals surface area (Å²) in [6.45, 7) is 3.98. The van der Waals surface area contributed by atoms with Crippen molar-refractivity contribution in [1.29, 1.82) is 0 Å². The summed E-state index contributed by atoms with van der Waals surface area (Å²) in [4.78, 5) is 34.1. The molecule has 32 heavy (non-hydrogen) atoms. The van der Waals surface area contributed by atoms with Gasteiger partial charge < -0.3 is 14.8 Å². The summed E-state index contributed by atoms with van der Waals surface area (Å²) in [5.74, 6) is 0.392. The number of amides is 2. The minimum Gasteiger partial charge on any atom is -0.497 e. The molecule has 1 atom stereocenters. The molecule has 2 aromatic rings. The van der Waals surface area contributed by atoms with E-state index in [9.17, 15) is 9.59 Å². The monoisotopic (exact) mass is 453 g/mol. The highest BCUT2D eigenvalue weighted by Crippen LogP contribution is 2.32. The van der Waals surface area contributed by atoms with Crippen molar-refractivity contribution in [2.45, 2.75) is 11.7 Å². The van der Waals surface area contributed by atoms with Crippen LogP contribution in [0.1, 0.15) is 12.1 Å². The van der Waals surface area contributed by atoms with Crippen LogP contribution in [0.3, 0.4) is 0 Å². The molecule has 0 radical (unpaired) electrons. The number of rotatable bonds is 9. The number of methoxy groups -OCH3 is 2. The van der Waals surface area contributed by atoms with Crippen LogP contribution >= 0.6 is 11.8 Å². The van der Waals surface area contributed by atoms with Crippen LogP contribution in [-0.4, -0.2) is 59.2 Å². The Kier molecular flexibility index (Phi) is 7.98. The Bertz CT molecular complexity index is 1040. The normalized spacial score (nSPS) is 17.1. The third-order valence-corrected chi connectivity index (χ3v) is 5.48. The Morgan fingerprint density at radius 1 is 1.31 bits per heavy atom. The summed E-state index contributed by atoms with van der Waals surface area (Å²) in [6.07, 6.45) is 4.68. The van der Waals surface area contributed by atoms with Gasteiger partial charge in [-0.1, -0.05) is 23.9 Å². The number of carbonyl (C=O) groups is 2. The first kappa shape index (κ1) is 23.0.